The number of pyridine rings is 1. The number of carboxylic acid groups (broad SMARTS) is 1. The number of aromatic carboxylic acids is 1. The summed E-state index contributed by atoms with van der Waals surface area (Å²) in [5.41, 5.74) is -1.96. The summed E-state index contributed by atoms with van der Waals surface area (Å²) in [7, 11) is 0. The number of aromatic amines is 1. The molecule has 2 N–H and O–H groups in total. The highest BCUT2D eigenvalue weighted by Crippen LogP contribution is 2.27. The molecule has 0 amide bonds. The second kappa shape index (κ2) is 4.78. The first-order valence-electron chi connectivity index (χ1n) is 4.06. The molecule has 0 spiro atoms. The molecule has 0 saturated heterocycles. The third-order valence-corrected chi connectivity index (χ3v) is 2.29. The first-order valence-corrected chi connectivity index (χ1v) is 5.18. The lowest BCUT2D eigenvalue weighted by atomic mass is 10.1. The maximum absolute atomic E-state index is 12.0. The second-order valence-corrected chi connectivity index (χ2v) is 3.38. The van der Waals surface area contributed by atoms with Crippen LogP contribution in [0.4, 0.5) is 13.2 Å². The lowest BCUT2D eigenvalue weighted by Gasteiger charge is -2.12. The molecule has 1 rings (SSSR count). The average Bonchev–Trinajstić information content (AvgIpc) is 2.17. The minimum Gasteiger partial charge on any atom is -0.478 e. The standard InChI is InChI=1S/C8H5BrF3NO4/c9-1-3-5(7(15)16)4(2-13-6(3)14)17-8(10,11)12/h2H,1H2,(H,13,14)(H,15,16). The van der Waals surface area contributed by atoms with Crippen molar-refractivity contribution in [3.63, 3.8) is 0 Å². The van der Waals surface area contributed by atoms with Gasteiger partial charge < -0.3 is 14.8 Å². The second-order valence-electron chi connectivity index (χ2n) is 2.82. The number of alkyl halides is 4. The smallest absolute Gasteiger partial charge is 0.478 e. The summed E-state index contributed by atoms with van der Waals surface area (Å²) >= 11 is 2.82. The first kappa shape index (κ1) is 13.6. The minimum atomic E-state index is -5.04. The molecule has 0 saturated carbocycles. The predicted molar refractivity (Wildman–Crippen MR) is 53.3 cm³/mol. The third-order valence-electron chi connectivity index (χ3n) is 1.73. The van der Waals surface area contributed by atoms with Crippen LogP contribution < -0.4 is 10.3 Å². The van der Waals surface area contributed by atoms with E-state index in [4.69, 9.17) is 5.11 Å². The zero-order valence-corrected chi connectivity index (χ0v) is 9.55. The van der Waals surface area contributed by atoms with E-state index in [1.165, 1.54) is 0 Å². The molecular formula is C8H5BrF3NO4. The van der Waals surface area contributed by atoms with Crippen LogP contribution in [0.5, 0.6) is 5.75 Å². The van der Waals surface area contributed by atoms with Crippen molar-refractivity contribution in [1.82, 2.24) is 4.98 Å². The van der Waals surface area contributed by atoms with Gasteiger partial charge in [-0.25, -0.2) is 4.79 Å². The van der Waals surface area contributed by atoms with Crippen molar-refractivity contribution >= 4 is 21.9 Å². The van der Waals surface area contributed by atoms with E-state index >= 15 is 0 Å². The molecule has 1 aromatic rings. The van der Waals surface area contributed by atoms with E-state index < -0.39 is 29.2 Å². The molecule has 1 aromatic heterocycles. The summed E-state index contributed by atoms with van der Waals surface area (Å²) in [5, 5.41) is 8.57. The molecule has 0 unspecified atom stereocenters. The maximum atomic E-state index is 12.0. The molecule has 1 heterocycles. The van der Waals surface area contributed by atoms with Crippen LogP contribution in [0.15, 0.2) is 11.0 Å². The van der Waals surface area contributed by atoms with Crippen LogP contribution in [-0.4, -0.2) is 22.4 Å². The fourth-order valence-corrected chi connectivity index (χ4v) is 1.65. The van der Waals surface area contributed by atoms with Crippen molar-refractivity contribution in [2.24, 2.45) is 0 Å². The van der Waals surface area contributed by atoms with E-state index in [0.717, 1.165) is 0 Å². The molecule has 0 aliphatic rings. The normalized spacial score (nSPS) is 11.3. The highest BCUT2D eigenvalue weighted by Gasteiger charge is 2.34. The Labute approximate surface area is 100 Å². The van der Waals surface area contributed by atoms with E-state index in [0.29, 0.717) is 6.20 Å². The summed E-state index contributed by atoms with van der Waals surface area (Å²) < 4.78 is 39.5. The number of nitrogens with one attached hydrogen (secondary N) is 1. The van der Waals surface area contributed by atoms with Gasteiger partial charge in [0.2, 0.25) is 0 Å². The Bertz CT molecular complexity index is 497. The number of rotatable bonds is 3. The molecule has 0 aliphatic heterocycles. The van der Waals surface area contributed by atoms with Gasteiger partial charge in [-0.1, -0.05) is 15.9 Å². The summed E-state index contributed by atoms with van der Waals surface area (Å²) in [5.74, 6) is -2.64. The van der Waals surface area contributed by atoms with Gasteiger partial charge in [0.15, 0.2) is 5.75 Å². The fourth-order valence-electron chi connectivity index (χ4n) is 1.12. The molecule has 94 valence electrons. The van der Waals surface area contributed by atoms with Gasteiger partial charge in [0.1, 0.15) is 5.56 Å². The molecule has 0 aliphatic carbocycles. The van der Waals surface area contributed by atoms with E-state index in [1.807, 2.05) is 4.98 Å². The number of aromatic nitrogens is 1. The van der Waals surface area contributed by atoms with Crippen LogP contribution in [-0.2, 0) is 5.33 Å². The Hall–Kier alpha value is -1.51. The number of hydrogen-bond acceptors (Lipinski definition) is 3. The van der Waals surface area contributed by atoms with Gasteiger partial charge in [-0.2, -0.15) is 0 Å². The van der Waals surface area contributed by atoms with Crippen molar-refractivity contribution in [3.05, 3.63) is 27.7 Å². The van der Waals surface area contributed by atoms with Crippen molar-refractivity contribution in [2.75, 3.05) is 0 Å². The molecule has 0 atom stereocenters. The molecule has 9 heteroatoms. The van der Waals surface area contributed by atoms with Crippen molar-refractivity contribution < 1.29 is 27.8 Å². The highest BCUT2D eigenvalue weighted by molar-refractivity contribution is 9.08. The fraction of sp³-hybridized carbons (Fsp3) is 0.250. The van der Waals surface area contributed by atoms with Crippen LogP contribution >= 0.6 is 15.9 Å². The Morgan fingerprint density at radius 1 is 1.53 bits per heavy atom. The molecular weight excluding hydrogens is 311 g/mol. The first-order chi connectivity index (χ1) is 7.76. The summed E-state index contributed by atoms with van der Waals surface area (Å²) in [6.45, 7) is 0. The molecule has 17 heavy (non-hydrogen) atoms. The monoisotopic (exact) mass is 315 g/mol. The minimum absolute atomic E-state index is 0.209. The largest absolute Gasteiger partial charge is 0.573 e. The Kier molecular flexibility index (Phi) is 3.81. The van der Waals surface area contributed by atoms with Gasteiger partial charge >= 0.3 is 12.3 Å². The van der Waals surface area contributed by atoms with Gasteiger partial charge in [-0.05, 0) is 0 Å². The van der Waals surface area contributed by atoms with Gasteiger partial charge in [0, 0.05) is 17.1 Å². The summed E-state index contributed by atoms with van der Waals surface area (Å²) in [6, 6.07) is 0. The van der Waals surface area contributed by atoms with Crippen molar-refractivity contribution in [2.45, 2.75) is 11.7 Å². The van der Waals surface area contributed by atoms with Crippen LogP contribution in [0.1, 0.15) is 15.9 Å². The van der Waals surface area contributed by atoms with Gasteiger partial charge in [-0.3, -0.25) is 4.79 Å². The van der Waals surface area contributed by atoms with Crippen LogP contribution in [0.2, 0.25) is 0 Å². The van der Waals surface area contributed by atoms with Crippen LogP contribution in [0.3, 0.4) is 0 Å². The molecule has 5 nitrogen and oxygen atoms in total. The number of halogens is 4. The quantitative estimate of drug-likeness (QED) is 0.834. The number of hydrogen-bond donors (Lipinski definition) is 2. The van der Waals surface area contributed by atoms with Crippen LogP contribution in [0.25, 0.3) is 0 Å². The van der Waals surface area contributed by atoms with Crippen molar-refractivity contribution in [1.29, 1.82) is 0 Å². The van der Waals surface area contributed by atoms with E-state index in [9.17, 15) is 22.8 Å². The number of H-pyrrole nitrogens is 1. The predicted octanol–water partition coefficient (Wildman–Crippen LogP) is 1.87. The van der Waals surface area contributed by atoms with Gasteiger partial charge in [-0.15, -0.1) is 13.2 Å². The van der Waals surface area contributed by atoms with E-state index in [2.05, 4.69) is 20.7 Å². The summed E-state index contributed by atoms with van der Waals surface area (Å²) in [4.78, 5) is 24.0. The van der Waals surface area contributed by atoms with Gasteiger partial charge in [0.25, 0.3) is 5.56 Å². The van der Waals surface area contributed by atoms with E-state index in [1.54, 1.807) is 0 Å². The molecule has 0 radical (unpaired) electrons. The van der Waals surface area contributed by atoms with Gasteiger partial charge in [0.05, 0.1) is 0 Å². The Balaban J connectivity index is 3.41. The third kappa shape index (κ3) is 3.22. The number of carboxylic acids is 1. The molecule has 0 aromatic carbocycles. The molecule has 0 bridgehead atoms. The van der Waals surface area contributed by atoms with Crippen LogP contribution in [0, 0.1) is 0 Å². The SMILES string of the molecule is O=C(O)c1c(OC(F)(F)F)c[nH]c(=O)c1CBr. The Morgan fingerprint density at radius 2 is 2.12 bits per heavy atom. The lowest BCUT2D eigenvalue weighted by molar-refractivity contribution is -0.274. The maximum Gasteiger partial charge on any atom is 0.573 e. The topological polar surface area (TPSA) is 79.4 Å². The highest BCUT2D eigenvalue weighted by atomic mass is 79.9. The Morgan fingerprint density at radius 3 is 2.53 bits per heavy atom. The lowest BCUT2D eigenvalue weighted by Crippen LogP contribution is -2.23. The molecule has 0 fully saturated rings. The summed E-state index contributed by atoms with van der Waals surface area (Å²) in [6.07, 6.45) is -4.47. The zero-order chi connectivity index (χ0) is 13.2. The zero-order valence-electron chi connectivity index (χ0n) is 7.97. The van der Waals surface area contributed by atoms with Crippen molar-refractivity contribution in [3.8, 4) is 5.75 Å². The van der Waals surface area contributed by atoms with E-state index in [-0.39, 0.29) is 10.9 Å². The number of ether oxygens (including phenoxy) is 1. The average molecular weight is 316 g/mol. The number of carbonyl (C=O) groups is 1.